The van der Waals surface area contributed by atoms with Crippen LogP contribution >= 0.6 is 11.3 Å². The van der Waals surface area contributed by atoms with E-state index in [1.807, 2.05) is 31.2 Å². The summed E-state index contributed by atoms with van der Waals surface area (Å²) in [4.78, 5) is 12.9. The Labute approximate surface area is 157 Å². The summed E-state index contributed by atoms with van der Waals surface area (Å²) in [5.41, 5.74) is 0.850. The van der Waals surface area contributed by atoms with E-state index in [4.69, 9.17) is 4.74 Å². The van der Waals surface area contributed by atoms with Crippen molar-refractivity contribution in [3.8, 4) is 5.75 Å². The number of hydrogen-bond donors (Lipinski definition) is 1. The van der Waals surface area contributed by atoms with Crippen LogP contribution in [-0.4, -0.2) is 38.3 Å². The average Bonchev–Trinajstić information content (AvgIpc) is 3.33. The summed E-state index contributed by atoms with van der Waals surface area (Å²) in [6.07, 6.45) is 1.72. The molecule has 2 heterocycles. The zero-order valence-electron chi connectivity index (χ0n) is 14.6. The molecule has 1 fully saturated rings. The molecule has 1 aromatic carbocycles. The quantitative estimate of drug-likeness (QED) is 0.783. The summed E-state index contributed by atoms with van der Waals surface area (Å²) in [6.45, 7) is 3.74. The first-order valence-electron chi connectivity index (χ1n) is 8.60. The number of hydrogen-bond acceptors (Lipinski definition) is 5. The summed E-state index contributed by atoms with van der Waals surface area (Å²) in [6, 6.07) is 8.98. The molecule has 0 atom stereocenters. The smallest absolute Gasteiger partial charge is 0.263 e. The molecule has 1 saturated heterocycles. The Hall–Kier alpha value is -1.90. The number of benzene rings is 1. The van der Waals surface area contributed by atoms with Crippen molar-refractivity contribution in [3.05, 3.63) is 46.2 Å². The fraction of sp³-hybridized carbons (Fsp3) is 0.389. The van der Waals surface area contributed by atoms with Crippen LogP contribution in [0.4, 0.5) is 0 Å². The summed E-state index contributed by atoms with van der Waals surface area (Å²) >= 11 is 1.14. The minimum atomic E-state index is -3.61. The van der Waals surface area contributed by atoms with Crippen molar-refractivity contribution in [1.29, 1.82) is 0 Å². The molecule has 0 bridgehead atoms. The van der Waals surface area contributed by atoms with Crippen molar-refractivity contribution in [2.45, 2.75) is 31.2 Å². The van der Waals surface area contributed by atoms with Crippen molar-refractivity contribution in [3.63, 3.8) is 0 Å². The van der Waals surface area contributed by atoms with Crippen LogP contribution in [0.5, 0.6) is 5.75 Å². The molecule has 1 amide bonds. The van der Waals surface area contributed by atoms with E-state index in [-0.39, 0.29) is 22.2 Å². The Morgan fingerprint density at radius 3 is 2.69 bits per heavy atom. The Bertz CT molecular complexity index is 871. The van der Waals surface area contributed by atoms with Crippen LogP contribution < -0.4 is 10.1 Å². The van der Waals surface area contributed by atoms with Gasteiger partial charge in [-0.25, -0.2) is 8.42 Å². The summed E-state index contributed by atoms with van der Waals surface area (Å²) < 4.78 is 32.5. The Morgan fingerprint density at radius 1 is 1.23 bits per heavy atom. The van der Waals surface area contributed by atoms with Crippen LogP contribution in [0.25, 0.3) is 0 Å². The first kappa shape index (κ1) is 18.9. The Balaban J connectivity index is 1.75. The van der Waals surface area contributed by atoms with Crippen molar-refractivity contribution >= 4 is 27.3 Å². The predicted molar refractivity (Wildman–Crippen MR) is 101 cm³/mol. The van der Waals surface area contributed by atoms with Gasteiger partial charge in [0, 0.05) is 25.2 Å². The standard InChI is InChI=1S/C18H22N2O4S2/c1-2-24-15-8-4-3-7-14(15)13-19-18(21)17-16(9-12-25-17)26(22,23)20-10-5-6-11-20/h3-4,7-9,12H,2,5-6,10-11,13H2,1H3,(H,19,21). The molecule has 1 aromatic heterocycles. The molecule has 26 heavy (non-hydrogen) atoms. The number of carbonyl (C=O) groups is 1. The molecule has 1 aliphatic heterocycles. The van der Waals surface area contributed by atoms with Crippen molar-refractivity contribution in [1.82, 2.24) is 9.62 Å². The van der Waals surface area contributed by atoms with Gasteiger partial charge >= 0.3 is 0 Å². The van der Waals surface area contributed by atoms with E-state index in [0.29, 0.717) is 25.4 Å². The lowest BCUT2D eigenvalue weighted by Crippen LogP contribution is -2.30. The maximum absolute atomic E-state index is 12.8. The van der Waals surface area contributed by atoms with E-state index in [1.165, 1.54) is 10.4 Å². The molecule has 0 radical (unpaired) electrons. The molecule has 0 unspecified atom stereocenters. The first-order chi connectivity index (χ1) is 12.5. The molecular weight excluding hydrogens is 372 g/mol. The second-order valence-electron chi connectivity index (χ2n) is 5.95. The highest BCUT2D eigenvalue weighted by Crippen LogP contribution is 2.28. The zero-order valence-corrected chi connectivity index (χ0v) is 16.2. The van der Waals surface area contributed by atoms with Gasteiger partial charge in [0.05, 0.1) is 6.61 Å². The van der Waals surface area contributed by atoms with Crippen molar-refractivity contribution in [2.75, 3.05) is 19.7 Å². The number of nitrogens with zero attached hydrogens (tertiary/aromatic N) is 1. The van der Waals surface area contributed by atoms with Gasteiger partial charge in [0.2, 0.25) is 10.0 Å². The maximum Gasteiger partial charge on any atom is 0.263 e. The highest BCUT2D eigenvalue weighted by Gasteiger charge is 2.31. The second kappa shape index (κ2) is 8.20. The lowest BCUT2D eigenvalue weighted by Gasteiger charge is -2.16. The molecule has 1 aliphatic rings. The molecule has 140 valence electrons. The fourth-order valence-electron chi connectivity index (χ4n) is 2.94. The number of amides is 1. The van der Waals surface area contributed by atoms with Gasteiger partial charge in [-0.05, 0) is 37.3 Å². The minimum absolute atomic E-state index is 0.0972. The third kappa shape index (κ3) is 3.92. The minimum Gasteiger partial charge on any atom is -0.494 e. The molecule has 0 spiro atoms. The van der Waals surface area contributed by atoms with Crippen LogP contribution in [-0.2, 0) is 16.6 Å². The van der Waals surface area contributed by atoms with Crippen LogP contribution in [0.1, 0.15) is 35.0 Å². The third-order valence-electron chi connectivity index (χ3n) is 4.23. The van der Waals surface area contributed by atoms with Crippen molar-refractivity contribution in [2.24, 2.45) is 0 Å². The van der Waals surface area contributed by atoms with E-state index in [2.05, 4.69) is 5.32 Å². The van der Waals surface area contributed by atoms with Gasteiger partial charge in [0.1, 0.15) is 15.5 Å². The number of thiophene rings is 1. The topological polar surface area (TPSA) is 75.7 Å². The van der Waals surface area contributed by atoms with Crippen molar-refractivity contribution < 1.29 is 17.9 Å². The molecule has 1 N–H and O–H groups in total. The third-order valence-corrected chi connectivity index (χ3v) is 7.21. The lowest BCUT2D eigenvalue weighted by atomic mass is 10.2. The van der Waals surface area contributed by atoms with Gasteiger partial charge in [-0.3, -0.25) is 4.79 Å². The van der Waals surface area contributed by atoms with Gasteiger partial charge in [0.25, 0.3) is 5.91 Å². The van der Waals surface area contributed by atoms with E-state index >= 15 is 0 Å². The van der Waals surface area contributed by atoms with E-state index < -0.39 is 10.0 Å². The first-order valence-corrected chi connectivity index (χ1v) is 10.9. The fourth-order valence-corrected chi connectivity index (χ4v) is 5.77. The monoisotopic (exact) mass is 394 g/mol. The van der Waals surface area contributed by atoms with Gasteiger partial charge < -0.3 is 10.1 Å². The summed E-state index contributed by atoms with van der Waals surface area (Å²) in [5.74, 6) is 0.329. The SMILES string of the molecule is CCOc1ccccc1CNC(=O)c1sccc1S(=O)(=O)N1CCCC1. The number of rotatable bonds is 7. The van der Waals surface area contributed by atoms with Gasteiger partial charge in [-0.2, -0.15) is 4.31 Å². The van der Waals surface area contributed by atoms with Crippen LogP contribution in [0.3, 0.4) is 0 Å². The molecule has 0 saturated carbocycles. The van der Waals surface area contributed by atoms with Crippen LogP contribution in [0, 0.1) is 0 Å². The Kier molecular flexibility index (Phi) is 5.95. The number of sulfonamides is 1. The van der Waals surface area contributed by atoms with E-state index in [9.17, 15) is 13.2 Å². The second-order valence-corrected chi connectivity index (χ2v) is 8.77. The predicted octanol–water partition coefficient (Wildman–Crippen LogP) is 2.86. The number of para-hydroxylation sites is 1. The van der Waals surface area contributed by atoms with Gasteiger partial charge in [-0.15, -0.1) is 11.3 Å². The van der Waals surface area contributed by atoms with Gasteiger partial charge in [-0.1, -0.05) is 18.2 Å². The highest BCUT2D eigenvalue weighted by atomic mass is 32.2. The van der Waals surface area contributed by atoms with E-state index in [1.54, 1.807) is 5.38 Å². The van der Waals surface area contributed by atoms with Crippen LogP contribution in [0.2, 0.25) is 0 Å². The largest absolute Gasteiger partial charge is 0.494 e. The highest BCUT2D eigenvalue weighted by molar-refractivity contribution is 7.89. The molecule has 6 nitrogen and oxygen atoms in total. The maximum atomic E-state index is 12.8. The molecular formula is C18H22N2O4S2. The lowest BCUT2D eigenvalue weighted by molar-refractivity contribution is 0.0951. The molecule has 8 heteroatoms. The Morgan fingerprint density at radius 2 is 1.96 bits per heavy atom. The average molecular weight is 395 g/mol. The number of ether oxygens (including phenoxy) is 1. The molecule has 0 aliphatic carbocycles. The van der Waals surface area contributed by atoms with Crippen LogP contribution in [0.15, 0.2) is 40.6 Å². The van der Waals surface area contributed by atoms with E-state index in [0.717, 1.165) is 29.7 Å². The number of nitrogens with one attached hydrogen (secondary N) is 1. The normalized spacial score (nSPS) is 15.1. The molecule has 2 aromatic rings. The molecule has 3 rings (SSSR count). The summed E-state index contributed by atoms with van der Waals surface area (Å²) in [5, 5.41) is 4.46. The summed E-state index contributed by atoms with van der Waals surface area (Å²) in [7, 11) is -3.61. The van der Waals surface area contributed by atoms with Gasteiger partial charge in [0.15, 0.2) is 0 Å². The number of carbonyl (C=O) groups excluding carboxylic acids is 1. The zero-order chi connectivity index (χ0) is 18.6.